The van der Waals surface area contributed by atoms with E-state index in [1.54, 1.807) is 4.90 Å². The molecule has 10 nitrogen and oxygen atoms in total. The molecule has 4 rings (SSSR count). The molecule has 1 aliphatic heterocycles. The molecule has 1 saturated carbocycles. The maximum absolute atomic E-state index is 12.3. The zero-order chi connectivity index (χ0) is 17.4. The normalized spacial score (nSPS) is 23.4. The number of anilines is 2. The standard InChI is InChI=1S/C15H21N9O/c16-10-5-9(6-10)11-7-12(21-15(17)20-11)23-1-3-24(4-2-23)14(25)13-18-8-19-22-13/h7-10H,1-6,16H2,(H2,17,20,21)(H,18,19,22). The molecule has 0 radical (unpaired) electrons. The highest BCUT2D eigenvalue weighted by Crippen LogP contribution is 2.35. The molecule has 2 aromatic heterocycles. The first-order valence-corrected chi connectivity index (χ1v) is 8.40. The number of piperazine rings is 1. The van der Waals surface area contributed by atoms with E-state index in [9.17, 15) is 4.79 Å². The number of nitrogens with one attached hydrogen (secondary N) is 1. The van der Waals surface area contributed by atoms with Crippen LogP contribution in [0, 0.1) is 0 Å². The molecule has 5 N–H and O–H groups in total. The minimum atomic E-state index is -0.136. The van der Waals surface area contributed by atoms with Crippen molar-refractivity contribution in [2.45, 2.75) is 24.8 Å². The van der Waals surface area contributed by atoms with Gasteiger partial charge < -0.3 is 21.3 Å². The van der Waals surface area contributed by atoms with Gasteiger partial charge in [0, 0.05) is 44.2 Å². The van der Waals surface area contributed by atoms with Gasteiger partial charge in [0.1, 0.15) is 12.1 Å². The Bertz CT molecular complexity index is 748. The van der Waals surface area contributed by atoms with Crippen LogP contribution in [0.1, 0.15) is 35.1 Å². The summed E-state index contributed by atoms with van der Waals surface area (Å²) in [7, 11) is 0. The lowest BCUT2D eigenvalue weighted by Crippen LogP contribution is -2.49. The van der Waals surface area contributed by atoms with Crippen molar-refractivity contribution in [3.8, 4) is 0 Å². The molecule has 0 spiro atoms. The van der Waals surface area contributed by atoms with E-state index in [1.165, 1.54) is 6.33 Å². The molecule has 3 heterocycles. The predicted octanol–water partition coefficient (Wildman–Crippen LogP) is -0.656. The summed E-state index contributed by atoms with van der Waals surface area (Å²) in [6.07, 6.45) is 3.21. The van der Waals surface area contributed by atoms with Gasteiger partial charge in [-0.3, -0.25) is 9.89 Å². The van der Waals surface area contributed by atoms with E-state index in [2.05, 4.69) is 30.0 Å². The molecule has 25 heavy (non-hydrogen) atoms. The molecule has 10 heteroatoms. The van der Waals surface area contributed by atoms with Crippen molar-refractivity contribution in [2.24, 2.45) is 5.73 Å². The average Bonchev–Trinajstić information content (AvgIpc) is 3.12. The topological polar surface area (TPSA) is 143 Å². The van der Waals surface area contributed by atoms with Crippen molar-refractivity contribution < 1.29 is 4.79 Å². The van der Waals surface area contributed by atoms with E-state index in [-0.39, 0.29) is 23.7 Å². The minimum Gasteiger partial charge on any atom is -0.368 e. The van der Waals surface area contributed by atoms with Gasteiger partial charge in [0.25, 0.3) is 5.91 Å². The van der Waals surface area contributed by atoms with E-state index in [4.69, 9.17) is 11.5 Å². The highest BCUT2D eigenvalue weighted by Gasteiger charge is 2.30. The second-order valence-corrected chi connectivity index (χ2v) is 6.55. The highest BCUT2D eigenvalue weighted by atomic mass is 16.2. The quantitative estimate of drug-likeness (QED) is 0.667. The fourth-order valence-corrected chi connectivity index (χ4v) is 3.34. The van der Waals surface area contributed by atoms with Crippen molar-refractivity contribution in [3.63, 3.8) is 0 Å². The van der Waals surface area contributed by atoms with E-state index < -0.39 is 0 Å². The van der Waals surface area contributed by atoms with Gasteiger partial charge in [-0.2, -0.15) is 10.1 Å². The van der Waals surface area contributed by atoms with Crippen LogP contribution in [0.4, 0.5) is 11.8 Å². The number of hydrogen-bond donors (Lipinski definition) is 3. The first-order valence-electron chi connectivity index (χ1n) is 8.40. The summed E-state index contributed by atoms with van der Waals surface area (Å²) in [5.74, 6) is 1.60. The predicted molar refractivity (Wildman–Crippen MR) is 90.9 cm³/mol. The van der Waals surface area contributed by atoms with E-state index >= 15 is 0 Å². The molecule has 1 saturated heterocycles. The van der Waals surface area contributed by atoms with E-state index in [0.29, 0.717) is 32.1 Å². The van der Waals surface area contributed by atoms with Crippen LogP contribution < -0.4 is 16.4 Å². The Labute approximate surface area is 144 Å². The first-order chi connectivity index (χ1) is 12.1. The van der Waals surface area contributed by atoms with Crippen molar-refractivity contribution in [1.29, 1.82) is 0 Å². The third-order valence-electron chi connectivity index (χ3n) is 4.85. The fourth-order valence-electron chi connectivity index (χ4n) is 3.34. The molecular formula is C15H21N9O. The first kappa shape index (κ1) is 15.8. The summed E-state index contributed by atoms with van der Waals surface area (Å²) in [5, 5.41) is 6.33. The van der Waals surface area contributed by atoms with Crippen LogP contribution in [0.5, 0.6) is 0 Å². The number of carbonyl (C=O) groups is 1. The number of aromatic amines is 1. The molecule has 0 bridgehead atoms. The van der Waals surface area contributed by atoms with Crippen molar-refractivity contribution in [3.05, 3.63) is 23.9 Å². The second-order valence-electron chi connectivity index (χ2n) is 6.55. The van der Waals surface area contributed by atoms with Crippen LogP contribution in [0.15, 0.2) is 12.4 Å². The van der Waals surface area contributed by atoms with E-state index in [0.717, 1.165) is 24.4 Å². The van der Waals surface area contributed by atoms with Crippen LogP contribution in [-0.2, 0) is 0 Å². The summed E-state index contributed by atoms with van der Waals surface area (Å²) in [4.78, 5) is 28.8. The maximum atomic E-state index is 12.3. The maximum Gasteiger partial charge on any atom is 0.291 e. The van der Waals surface area contributed by atoms with Crippen molar-refractivity contribution >= 4 is 17.7 Å². The Balaban J connectivity index is 1.43. The van der Waals surface area contributed by atoms with Gasteiger partial charge in [0.05, 0.1) is 5.69 Å². The van der Waals surface area contributed by atoms with Crippen LogP contribution in [0.25, 0.3) is 0 Å². The molecule has 2 fully saturated rings. The van der Waals surface area contributed by atoms with Crippen LogP contribution >= 0.6 is 0 Å². The molecular weight excluding hydrogens is 322 g/mol. The zero-order valence-electron chi connectivity index (χ0n) is 13.8. The number of carbonyl (C=O) groups excluding carboxylic acids is 1. The molecule has 2 aromatic rings. The fraction of sp³-hybridized carbons (Fsp3) is 0.533. The number of hydrogen-bond acceptors (Lipinski definition) is 8. The minimum absolute atomic E-state index is 0.136. The lowest BCUT2D eigenvalue weighted by molar-refractivity contribution is 0.0734. The third kappa shape index (κ3) is 3.12. The smallest absolute Gasteiger partial charge is 0.291 e. The second kappa shape index (κ2) is 6.28. The molecule has 0 atom stereocenters. The summed E-state index contributed by atoms with van der Waals surface area (Å²) < 4.78 is 0. The Morgan fingerprint density at radius 1 is 1.20 bits per heavy atom. The van der Waals surface area contributed by atoms with Gasteiger partial charge in [0.15, 0.2) is 0 Å². The Morgan fingerprint density at radius 2 is 1.96 bits per heavy atom. The number of aromatic nitrogens is 5. The lowest BCUT2D eigenvalue weighted by atomic mass is 9.78. The number of nitrogens with zero attached hydrogens (tertiary/aromatic N) is 6. The average molecular weight is 343 g/mol. The molecule has 132 valence electrons. The lowest BCUT2D eigenvalue weighted by Gasteiger charge is -2.36. The number of amides is 1. The largest absolute Gasteiger partial charge is 0.368 e. The SMILES string of the molecule is Nc1nc(C2CC(N)C2)cc(N2CCN(C(=O)c3ncn[nH]3)CC2)n1. The third-order valence-corrected chi connectivity index (χ3v) is 4.85. The van der Waals surface area contributed by atoms with Crippen LogP contribution in [-0.4, -0.2) is 68.2 Å². The summed E-state index contributed by atoms with van der Waals surface area (Å²) >= 11 is 0. The molecule has 0 unspecified atom stereocenters. The summed E-state index contributed by atoms with van der Waals surface area (Å²) in [6, 6.07) is 2.26. The Hall–Kier alpha value is -2.75. The molecule has 2 aliphatic rings. The number of H-pyrrole nitrogens is 1. The van der Waals surface area contributed by atoms with Crippen LogP contribution in [0.2, 0.25) is 0 Å². The van der Waals surface area contributed by atoms with Crippen molar-refractivity contribution in [2.75, 3.05) is 36.8 Å². The van der Waals surface area contributed by atoms with Gasteiger partial charge in [0.2, 0.25) is 11.8 Å². The van der Waals surface area contributed by atoms with Crippen LogP contribution in [0.3, 0.4) is 0 Å². The molecule has 0 aromatic carbocycles. The van der Waals surface area contributed by atoms with Gasteiger partial charge in [-0.05, 0) is 12.8 Å². The zero-order valence-corrected chi connectivity index (χ0v) is 13.8. The highest BCUT2D eigenvalue weighted by molar-refractivity contribution is 5.90. The van der Waals surface area contributed by atoms with Gasteiger partial charge in [-0.25, -0.2) is 9.97 Å². The monoisotopic (exact) mass is 343 g/mol. The number of nitrogens with two attached hydrogens (primary N) is 2. The summed E-state index contributed by atoms with van der Waals surface area (Å²) in [6.45, 7) is 2.54. The summed E-state index contributed by atoms with van der Waals surface area (Å²) in [5.41, 5.74) is 12.7. The van der Waals surface area contributed by atoms with E-state index in [1.807, 2.05) is 6.07 Å². The molecule has 1 amide bonds. The number of nitrogen functional groups attached to an aromatic ring is 1. The van der Waals surface area contributed by atoms with Gasteiger partial charge in [-0.1, -0.05) is 0 Å². The van der Waals surface area contributed by atoms with Crippen molar-refractivity contribution in [1.82, 2.24) is 30.0 Å². The van der Waals surface area contributed by atoms with Gasteiger partial charge in [-0.15, -0.1) is 0 Å². The van der Waals surface area contributed by atoms with Gasteiger partial charge >= 0.3 is 0 Å². The Morgan fingerprint density at radius 3 is 2.60 bits per heavy atom. The Kier molecular flexibility index (Phi) is 3.96. The number of rotatable bonds is 3. The molecule has 1 aliphatic carbocycles.